The van der Waals surface area contributed by atoms with Crippen molar-refractivity contribution in [2.75, 3.05) is 14.2 Å². The maximum atomic E-state index is 5.39. The maximum absolute atomic E-state index is 5.39. The lowest BCUT2D eigenvalue weighted by molar-refractivity contribution is 0.414. The number of likely N-dealkylation sites (N-methyl/N-ethyl adjacent to an activating group) is 1. The van der Waals surface area contributed by atoms with Gasteiger partial charge in [-0.05, 0) is 49.7 Å². The van der Waals surface area contributed by atoms with E-state index in [1.807, 2.05) is 31.3 Å². The van der Waals surface area contributed by atoms with Crippen LogP contribution in [-0.4, -0.2) is 20.2 Å². The molecule has 2 rings (SSSR count). The van der Waals surface area contributed by atoms with Gasteiger partial charge in [0.1, 0.15) is 11.5 Å². The Labute approximate surface area is 114 Å². The van der Waals surface area contributed by atoms with Crippen LogP contribution in [0.15, 0.2) is 47.1 Å². The molecule has 1 aromatic carbocycles. The molecule has 0 fully saturated rings. The number of rotatable bonds is 7. The average molecular weight is 259 g/mol. The van der Waals surface area contributed by atoms with E-state index in [0.717, 1.165) is 30.8 Å². The largest absolute Gasteiger partial charge is 0.497 e. The van der Waals surface area contributed by atoms with Crippen molar-refractivity contribution >= 4 is 0 Å². The number of methoxy groups -OCH3 is 1. The molecule has 3 heteroatoms. The van der Waals surface area contributed by atoms with Crippen molar-refractivity contribution in [3.8, 4) is 5.75 Å². The third-order valence-corrected chi connectivity index (χ3v) is 3.38. The normalized spacial score (nSPS) is 12.3. The second kappa shape index (κ2) is 7.00. The Kier molecular flexibility index (Phi) is 5.04. The smallest absolute Gasteiger partial charge is 0.118 e. The maximum Gasteiger partial charge on any atom is 0.118 e. The van der Waals surface area contributed by atoms with Crippen LogP contribution in [-0.2, 0) is 12.8 Å². The van der Waals surface area contributed by atoms with Gasteiger partial charge in [0, 0.05) is 12.5 Å². The zero-order valence-corrected chi connectivity index (χ0v) is 11.6. The summed E-state index contributed by atoms with van der Waals surface area (Å²) >= 11 is 0. The summed E-state index contributed by atoms with van der Waals surface area (Å²) in [6.07, 6.45) is 4.80. The SMILES string of the molecule is CNC(CCc1ccc(OC)cc1)Cc1ccco1. The molecule has 0 radical (unpaired) electrons. The Morgan fingerprint density at radius 1 is 1.21 bits per heavy atom. The molecule has 19 heavy (non-hydrogen) atoms. The lowest BCUT2D eigenvalue weighted by Crippen LogP contribution is -2.27. The fourth-order valence-electron chi connectivity index (χ4n) is 2.15. The Morgan fingerprint density at radius 3 is 2.58 bits per heavy atom. The predicted molar refractivity (Wildman–Crippen MR) is 76.6 cm³/mol. The van der Waals surface area contributed by atoms with Crippen molar-refractivity contribution in [2.45, 2.75) is 25.3 Å². The molecule has 3 nitrogen and oxygen atoms in total. The van der Waals surface area contributed by atoms with Crippen LogP contribution in [0.3, 0.4) is 0 Å². The standard InChI is InChI=1S/C16H21NO2/c1-17-14(12-16-4-3-11-19-16)8-5-13-6-9-15(18-2)10-7-13/h3-4,6-7,9-11,14,17H,5,8,12H2,1-2H3. The fraction of sp³-hybridized carbons (Fsp3) is 0.375. The van der Waals surface area contributed by atoms with Crippen LogP contribution in [0.1, 0.15) is 17.7 Å². The molecule has 0 saturated heterocycles. The van der Waals surface area contributed by atoms with E-state index in [9.17, 15) is 0 Å². The van der Waals surface area contributed by atoms with Crippen LogP contribution in [0.5, 0.6) is 5.75 Å². The number of furan rings is 1. The summed E-state index contributed by atoms with van der Waals surface area (Å²) in [4.78, 5) is 0. The molecule has 0 spiro atoms. The second-order valence-electron chi connectivity index (χ2n) is 4.66. The molecule has 0 amide bonds. The molecule has 0 saturated carbocycles. The molecule has 0 bridgehead atoms. The first kappa shape index (κ1) is 13.7. The van der Waals surface area contributed by atoms with E-state index in [2.05, 4.69) is 17.4 Å². The summed E-state index contributed by atoms with van der Waals surface area (Å²) in [5, 5.41) is 3.35. The highest BCUT2D eigenvalue weighted by atomic mass is 16.5. The second-order valence-corrected chi connectivity index (χ2v) is 4.66. The molecular formula is C16H21NO2. The summed E-state index contributed by atoms with van der Waals surface area (Å²) in [5.74, 6) is 1.94. The molecule has 2 aromatic rings. The fourth-order valence-corrected chi connectivity index (χ4v) is 2.15. The molecule has 1 aromatic heterocycles. The quantitative estimate of drug-likeness (QED) is 0.830. The van der Waals surface area contributed by atoms with Crippen molar-refractivity contribution in [3.05, 3.63) is 54.0 Å². The summed E-state index contributed by atoms with van der Waals surface area (Å²) in [6, 6.07) is 12.7. The molecule has 0 aliphatic heterocycles. The molecule has 0 aliphatic carbocycles. The molecule has 102 valence electrons. The van der Waals surface area contributed by atoms with E-state index in [1.165, 1.54) is 5.56 Å². The van der Waals surface area contributed by atoms with Gasteiger partial charge in [0.2, 0.25) is 0 Å². The minimum atomic E-state index is 0.438. The zero-order chi connectivity index (χ0) is 13.5. The van der Waals surface area contributed by atoms with Crippen molar-refractivity contribution in [1.29, 1.82) is 0 Å². The van der Waals surface area contributed by atoms with Crippen molar-refractivity contribution in [3.63, 3.8) is 0 Å². The molecule has 1 N–H and O–H groups in total. The van der Waals surface area contributed by atoms with Crippen LogP contribution >= 0.6 is 0 Å². The molecule has 1 atom stereocenters. The van der Waals surface area contributed by atoms with Gasteiger partial charge in [0.15, 0.2) is 0 Å². The summed E-state index contributed by atoms with van der Waals surface area (Å²) < 4.78 is 10.6. The van der Waals surface area contributed by atoms with Gasteiger partial charge in [-0.1, -0.05) is 12.1 Å². The lowest BCUT2D eigenvalue weighted by Gasteiger charge is -2.14. The molecule has 1 heterocycles. The predicted octanol–water partition coefficient (Wildman–Crippen LogP) is 3.05. The van der Waals surface area contributed by atoms with Gasteiger partial charge in [-0.2, -0.15) is 0 Å². The van der Waals surface area contributed by atoms with Crippen molar-refractivity contribution in [1.82, 2.24) is 5.32 Å². The summed E-state index contributed by atoms with van der Waals surface area (Å²) in [6.45, 7) is 0. The van der Waals surface area contributed by atoms with Crippen LogP contribution < -0.4 is 10.1 Å². The monoisotopic (exact) mass is 259 g/mol. The van der Waals surface area contributed by atoms with Crippen LogP contribution in [0.2, 0.25) is 0 Å². The van der Waals surface area contributed by atoms with Gasteiger partial charge < -0.3 is 14.5 Å². The van der Waals surface area contributed by atoms with Crippen molar-refractivity contribution < 1.29 is 9.15 Å². The van der Waals surface area contributed by atoms with Gasteiger partial charge >= 0.3 is 0 Å². The first-order valence-corrected chi connectivity index (χ1v) is 6.64. The minimum absolute atomic E-state index is 0.438. The van der Waals surface area contributed by atoms with Gasteiger partial charge in [0.25, 0.3) is 0 Å². The van der Waals surface area contributed by atoms with Crippen LogP contribution in [0.25, 0.3) is 0 Å². The van der Waals surface area contributed by atoms with E-state index in [0.29, 0.717) is 6.04 Å². The van der Waals surface area contributed by atoms with Gasteiger partial charge in [-0.25, -0.2) is 0 Å². The van der Waals surface area contributed by atoms with E-state index >= 15 is 0 Å². The van der Waals surface area contributed by atoms with Crippen molar-refractivity contribution in [2.24, 2.45) is 0 Å². The Hall–Kier alpha value is -1.74. The number of benzene rings is 1. The Bertz CT molecular complexity index is 462. The van der Waals surface area contributed by atoms with E-state index in [-0.39, 0.29) is 0 Å². The van der Waals surface area contributed by atoms with Crippen LogP contribution in [0.4, 0.5) is 0 Å². The summed E-state index contributed by atoms with van der Waals surface area (Å²) in [7, 11) is 3.69. The summed E-state index contributed by atoms with van der Waals surface area (Å²) in [5.41, 5.74) is 1.33. The topological polar surface area (TPSA) is 34.4 Å². The van der Waals surface area contributed by atoms with Gasteiger partial charge in [-0.3, -0.25) is 0 Å². The lowest BCUT2D eigenvalue weighted by atomic mass is 10.0. The minimum Gasteiger partial charge on any atom is -0.497 e. The van der Waals surface area contributed by atoms with Gasteiger partial charge in [0.05, 0.1) is 13.4 Å². The third kappa shape index (κ3) is 4.14. The Morgan fingerprint density at radius 2 is 2.00 bits per heavy atom. The first-order chi connectivity index (χ1) is 9.31. The van der Waals surface area contributed by atoms with E-state index in [1.54, 1.807) is 13.4 Å². The number of ether oxygens (including phenoxy) is 1. The van der Waals surface area contributed by atoms with Gasteiger partial charge in [-0.15, -0.1) is 0 Å². The first-order valence-electron chi connectivity index (χ1n) is 6.64. The zero-order valence-electron chi connectivity index (χ0n) is 11.6. The molecular weight excluding hydrogens is 238 g/mol. The van der Waals surface area contributed by atoms with E-state index < -0.39 is 0 Å². The number of nitrogens with one attached hydrogen (secondary N) is 1. The third-order valence-electron chi connectivity index (χ3n) is 3.38. The average Bonchev–Trinajstić information content (AvgIpc) is 2.97. The van der Waals surface area contributed by atoms with Crippen LogP contribution in [0, 0.1) is 0 Å². The van der Waals surface area contributed by atoms with E-state index in [4.69, 9.17) is 9.15 Å². The highest BCUT2D eigenvalue weighted by molar-refractivity contribution is 5.27. The number of aryl methyl sites for hydroxylation is 1. The number of hydrogen-bond donors (Lipinski definition) is 1. The highest BCUT2D eigenvalue weighted by Gasteiger charge is 2.09. The Balaban J connectivity index is 1.84. The molecule has 1 unspecified atom stereocenters. The highest BCUT2D eigenvalue weighted by Crippen LogP contribution is 2.14. The molecule has 0 aliphatic rings. The number of hydrogen-bond acceptors (Lipinski definition) is 3.